The van der Waals surface area contributed by atoms with Gasteiger partial charge in [-0.3, -0.25) is 4.68 Å². The molecule has 4 heteroatoms. The summed E-state index contributed by atoms with van der Waals surface area (Å²) in [6, 6.07) is 6.01. The van der Waals surface area contributed by atoms with Gasteiger partial charge in [-0.25, -0.2) is 4.79 Å². The number of hydrogen-bond donors (Lipinski definition) is 1. The highest BCUT2D eigenvalue weighted by molar-refractivity contribution is 5.96. The maximum atomic E-state index is 11.4. The van der Waals surface area contributed by atoms with E-state index in [1.54, 1.807) is 18.7 Å². The van der Waals surface area contributed by atoms with E-state index in [0.717, 1.165) is 16.7 Å². The molecule has 18 heavy (non-hydrogen) atoms. The molecule has 0 unspecified atom stereocenters. The van der Waals surface area contributed by atoms with Crippen molar-refractivity contribution in [2.75, 3.05) is 0 Å². The lowest BCUT2D eigenvalue weighted by molar-refractivity contribution is 0.0697. The summed E-state index contributed by atoms with van der Waals surface area (Å²) < 4.78 is 1.64. The predicted octanol–water partition coefficient (Wildman–Crippen LogP) is 2.71. The summed E-state index contributed by atoms with van der Waals surface area (Å²) in [4.78, 5) is 11.4. The summed E-state index contributed by atoms with van der Waals surface area (Å²) >= 11 is 0. The lowest BCUT2D eigenvalue weighted by atomic mass is 9.99. The van der Waals surface area contributed by atoms with Crippen molar-refractivity contribution in [2.45, 2.75) is 20.8 Å². The number of carboxylic acids is 1. The van der Waals surface area contributed by atoms with E-state index in [0.29, 0.717) is 11.4 Å². The highest BCUT2D eigenvalue weighted by Gasteiger charge is 2.21. The molecule has 0 bridgehead atoms. The summed E-state index contributed by atoms with van der Waals surface area (Å²) in [6.45, 7) is 5.69. The Morgan fingerprint density at radius 3 is 2.56 bits per heavy atom. The van der Waals surface area contributed by atoms with Gasteiger partial charge in [0.2, 0.25) is 0 Å². The Bertz CT molecular complexity index is 627. The van der Waals surface area contributed by atoms with Gasteiger partial charge in [0.25, 0.3) is 0 Å². The van der Waals surface area contributed by atoms with Crippen molar-refractivity contribution in [3.63, 3.8) is 0 Å². The van der Waals surface area contributed by atoms with Crippen LogP contribution in [0.4, 0.5) is 0 Å². The van der Waals surface area contributed by atoms with E-state index in [1.165, 1.54) is 0 Å². The number of benzene rings is 1. The minimum Gasteiger partial charge on any atom is -0.478 e. The molecule has 0 atom stereocenters. The van der Waals surface area contributed by atoms with E-state index < -0.39 is 5.97 Å². The largest absolute Gasteiger partial charge is 0.478 e. The van der Waals surface area contributed by atoms with Crippen LogP contribution in [0.5, 0.6) is 0 Å². The zero-order valence-electron chi connectivity index (χ0n) is 11.0. The summed E-state index contributed by atoms with van der Waals surface area (Å²) in [5.41, 5.74) is 4.57. The first-order valence-corrected chi connectivity index (χ1v) is 5.76. The maximum Gasteiger partial charge on any atom is 0.339 e. The Balaban J connectivity index is 2.78. The highest BCUT2D eigenvalue weighted by atomic mass is 16.4. The van der Waals surface area contributed by atoms with Gasteiger partial charge in [-0.05, 0) is 32.4 Å². The molecule has 0 aliphatic carbocycles. The lowest BCUT2D eigenvalue weighted by Crippen LogP contribution is -2.02. The molecule has 0 fully saturated rings. The number of aromatic carboxylic acids is 1. The monoisotopic (exact) mass is 244 g/mol. The molecular weight excluding hydrogens is 228 g/mol. The van der Waals surface area contributed by atoms with Crippen molar-refractivity contribution in [3.8, 4) is 11.3 Å². The van der Waals surface area contributed by atoms with Gasteiger partial charge in [0.05, 0.1) is 11.4 Å². The Morgan fingerprint density at radius 2 is 1.94 bits per heavy atom. The SMILES string of the molecule is Cc1ccc(C)c(-c2c(C(=O)O)c(C)nn2C)c1. The van der Waals surface area contributed by atoms with Crippen molar-refractivity contribution >= 4 is 5.97 Å². The third-order valence-corrected chi connectivity index (χ3v) is 3.08. The van der Waals surface area contributed by atoms with E-state index in [-0.39, 0.29) is 5.56 Å². The first-order chi connectivity index (χ1) is 8.41. The van der Waals surface area contributed by atoms with Crippen molar-refractivity contribution < 1.29 is 9.90 Å². The van der Waals surface area contributed by atoms with Crippen LogP contribution in [0.2, 0.25) is 0 Å². The van der Waals surface area contributed by atoms with Crippen LogP contribution < -0.4 is 0 Å². The van der Waals surface area contributed by atoms with Gasteiger partial charge in [0.1, 0.15) is 5.56 Å². The number of aryl methyl sites for hydroxylation is 4. The van der Waals surface area contributed by atoms with Crippen LogP contribution in [0.15, 0.2) is 18.2 Å². The van der Waals surface area contributed by atoms with Crippen LogP contribution in [0, 0.1) is 20.8 Å². The van der Waals surface area contributed by atoms with Crippen LogP contribution in [0.25, 0.3) is 11.3 Å². The van der Waals surface area contributed by atoms with Crippen molar-refractivity contribution in [1.29, 1.82) is 0 Å². The molecule has 2 aromatic rings. The van der Waals surface area contributed by atoms with E-state index in [2.05, 4.69) is 5.10 Å². The van der Waals surface area contributed by atoms with Crippen LogP contribution in [0.3, 0.4) is 0 Å². The molecular formula is C14H16N2O2. The van der Waals surface area contributed by atoms with Crippen molar-refractivity contribution in [2.24, 2.45) is 7.05 Å². The smallest absolute Gasteiger partial charge is 0.339 e. The third kappa shape index (κ3) is 1.90. The molecule has 1 aromatic carbocycles. The number of rotatable bonds is 2. The molecule has 0 radical (unpaired) electrons. The van der Waals surface area contributed by atoms with Gasteiger partial charge in [0, 0.05) is 12.6 Å². The van der Waals surface area contributed by atoms with E-state index in [1.807, 2.05) is 32.0 Å². The first kappa shape index (κ1) is 12.4. The number of hydrogen-bond acceptors (Lipinski definition) is 2. The van der Waals surface area contributed by atoms with Gasteiger partial charge in [-0.1, -0.05) is 17.7 Å². The summed E-state index contributed by atoms with van der Waals surface area (Å²) in [6.07, 6.45) is 0. The molecule has 1 heterocycles. The first-order valence-electron chi connectivity index (χ1n) is 5.76. The van der Waals surface area contributed by atoms with Gasteiger partial charge in [0.15, 0.2) is 0 Å². The van der Waals surface area contributed by atoms with E-state index in [4.69, 9.17) is 0 Å². The number of aromatic nitrogens is 2. The molecule has 0 aliphatic rings. The van der Waals surface area contributed by atoms with Crippen LogP contribution in [-0.4, -0.2) is 20.9 Å². The summed E-state index contributed by atoms with van der Waals surface area (Å²) in [5.74, 6) is -0.934. The fourth-order valence-corrected chi connectivity index (χ4v) is 2.21. The van der Waals surface area contributed by atoms with Gasteiger partial charge in [-0.2, -0.15) is 5.10 Å². The summed E-state index contributed by atoms with van der Waals surface area (Å²) in [7, 11) is 1.77. The average molecular weight is 244 g/mol. The Morgan fingerprint density at radius 1 is 1.28 bits per heavy atom. The summed E-state index contributed by atoms with van der Waals surface area (Å²) in [5, 5.41) is 13.5. The van der Waals surface area contributed by atoms with Crippen LogP contribution >= 0.6 is 0 Å². The van der Waals surface area contributed by atoms with Gasteiger partial charge < -0.3 is 5.11 Å². The van der Waals surface area contributed by atoms with Crippen molar-refractivity contribution in [1.82, 2.24) is 9.78 Å². The normalized spacial score (nSPS) is 10.7. The Kier molecular flexibility index (Phi) is 2.95. The van der Waals surface area contributed by atoms with E-state index in [9.17, 15) is 9.90 Å². The molecule has 0 spiro atoms. The molecule has 1 aromatic heterocycles. The fraction of sp³-hybridized carbons (Fsp3) is 0.286. The standard InChI is InChI=1S/C14H16N2O2/c1-8-5-6-9(2)11(7-8)13-12(14(17)18)10(3)15-16(13)4/h5-7H,1-4H3,(H,17,18). The number of carbonyl (C=O) groups is 1. The zero-order valence-corrected chi connectivity index (χ0v) is 11.0. The molecule has 4 nitrogen and oxygen atoms in total. The second kappa shape index (κ2) is 4.29. The molecule has 0 saturated carbocycles. The predicted molar refractivity (Wildman–Crippen MR) is 69.8 cm³/mol. The van der Waals surface area contributed by atoms with Crippen LogP contribution in [0.1, 0.15) is 27.2 Å². The fourth-order valence-electron chi connectivity index (χ4n) is 2.21. The van der Waals surface area contributed by atoms with Crippen LogP contribution in [-0.2, 0) is 7.05 Å². The third-order valence-electron chi connectivity index (χ3n) is 3.08. The number of nitrogens with zero attached hydrogens (tertiary/aromatic N) is 2. The molecule has 94 valence electrons. The number of carboxylic acid groups (broad SMARTS) is 1. The molecule has 1 N–H and O–H groups in total. The zero-order chi connectivity index (χ0) is 13.4. The topological polar surface area (TPSA) is 55.1 Å². The Labute approximate surface area is 106 Å². The second-order valence-corrected chi connectivity index (χ2v) is 4.56. The molecule has 2 rings (SSSR count). The van der Waals surface area contributed by atoms with Crippen molar-refractivity contribution in [3.05, 3.63) is 40.6 Å². The highest BCUT2D eigenvalue weighted by Crippen LogP contribution is 2.29. The minimum atomic E-state index is -0.934. The minimum absolute atomic E-state index is 0.284. The van der Waals surface area contributed by atoms with E-state index >= 15 is 0 Å². The molecule has 0 saturated heterocycles. The molecule has 0 aliphatic heterocycles. The quantitative estimate of drug-likeness (QED) is 0.883. The average Bonchev–Trinajstić information content (AvgIpc) is 2.57. The van der Waals surface area contributed by atoms with Gasteiger partial charge >= 0.3 is 5.97 Å². The second-order valence-electron chi connectivity index (χ2n) is 4.56. The maximum absolute atomic E-state index is 11.4. The van der Waals surface area contributed by atoms with Gasteiger partial charge in [-0.15, -0.1) is 0 Å². The lowest BCUT2D eigenvalue weighted by Gasteiger charge is -2.09. The Hall–Kier alpha value is -2.10. The molecule has 0 amide bonds.